The number of rotatable bonds is 5. The first kappa shape index (κ1) is 22.8. The van der Waals surface area contributed by atoms with Crippen LogP contribution in [0.25, 0.3) is 10.2 Å². The molecule has 0 unspecified atom stereocenters. The fourth-order valence-electron chi connectivity index (χ4n) is 4.63. The van der Waals surface area contributed by atoms with Crippen LogP contribution in [0, 0.1) is 11.8 Å². The second-order valence-electron chi connectivity index (χ2n) is 8.70. The standard InChI is InChI=1S/C22H26F3N3O3S/c23-22(24,25)13-3-1-12(2-4-13)20(30)27-14-5-7-15(8-6-14)31-21-16(19(26)29)11-18-17(28-21)9-10-32-18/h9-15H,1-8H2,(H2,26,29)(H,27,30). The molecule has 2 aliphatic rings. The molecule has 0 aromatic carbocycles. The summed E-state index contributed by atoms with van der Waals surface area (Å²) in [6.07, 6.45) is -0.980. The quantitative estimate of drug-likeness (QED) is 0.671. The van der Waals surface area contributed by atoms with Crippen molar-refractivity contribution in [3.8, 4) is 5.88 Å². The van der Waals surface area contributed by atoms with Crippen molar-refractivity contribution in [1.29, 1.82) is 0 Å². The van der Waals surface area contributed by atoms with Crippen molar-refractivity contribution in [2.45, 2.75) is 69.7 Å². The topological polar surface area (TPSA) is 94.3 Å². The smallest absolute Gasteiger partial charge is 0.391 e. The number of hydrogen-bond acceptors (Lipinski definition) is 5. The van der Waals surface area contributed by atoms with Gasteiger partial charge < -0.3 is 15.8 Å². The maximum Gasteiger partial charge on any atom is 0.391 e. The van der Waals surface area contributed by atoms with E-state index in [9.17, 15) is 22.8 Å². The number of ether oxygens (including phenoxy) is 1. The van der Waals surface area contributed by atoms with Gasteiger partial charge in [-0.1, -0.05) is 0 Å². The molecule has 2 amide bonds. The second kappa shape index (κ2) is 9.25. The second-order valence-corrected chi connectivity index (χ2v) is 9.65. The summed E-state index contributed by atoms with van der Waals surface area (Å²) >= 11 is 1.47. The van der Waals surface area contributed by atoms with Crippen LogP contribution in [0.3, 0.4) is 0 Å². The molecule has 2 saturated carbocycles. The average Bonchev–Trinajstić information content (AvgIpc) is 3.21. The minimum absolute atomic E-state index is 0.0197. The van der Waals surface area contributed by atoms with Crippen molar-refractivity contribution in [1.82, 2.24) is 10.3 Å². The van der Waals surface area contributed by atoms with Gasteiger partial charge in [0, 0.05) is 12.0 Å². The Balaban J connectivity index is 1.28. The molecule has 0 radical (unpaired) electrons. The molecule has 10 heteroatoms. The number of nitrogens with two attached hydrogens (primary N) is 1. The number of fused-ring (bicyclic) bond motifs is 1. The van der Waals surface area contributed by atoms with E-state index in [1.54, 1.807) is 6.07 Å². The Kier molecular flexibility index (Phi) is 6.60. The number of nitrogens with zero attached hydrogens (tertiary/aromatic N) is 1. The van der Waals surface area contributed by atoms with E-state index in [0.29, 0.717) is 25.7 Å². The molecule has 3 N–H and O–H groups in total. The van der Waals surface area contributed by atoms with Crippen LogP contribution in [0.15, 0.2) is 17.5 Å². The van der Waals surface area contributed by atoms with Gasteiger partial charge in [-0.3, -0.25) is 9.59 Å². The van der Waals surface area contributed by atoms with Crippen molar-refractivity contribution >= 4 is 33.4 Å². The fourth-order valence-corrected chi connectivity index (χ4v) is 5.39. The van der Waals surface area contributed by atoms with Gasteiger partial charge >= 0.3 is 6.18 Å². The first-order valence-electron chi connectivity index (χ1n) is 10.9. The number of carbonyl (C=O) groups is 2. The van der Waals surface area contributed by atoms with Gasteiger partial charge in [0.25, 0.3) is 5.91 Å². The first-order chi connectivity index (χ1) is 15.2. The molecule has 2 heterocycles. The van der Waals surface area contributed by atoms with Crippen LogP contribution in [0.4, 0.5) is 13.2 Å². The van der Waals surface area contributed by atoms with E-state index in [0.717, 1.165) is 10.2 Å². The van der Waals surface area contributed by atoms with Gasteiger partial charge in [-0.2, -0.15) is 13.2 Å². The summed E-state index contributed by atoms with van der Waals surface area (Å²) in [5.41, 5.74) is 6.50. The number of pyridine rings is 1. The van der Waals surface area contributed by atoms with Crippen molar-refractivity contribution in [2.75, 3.05) is 0 Å². The molecule has 6 nitrogen and oxygen atoms in total. The lowest BCUT2D eigenvalue weighted by atomic mass is 9.81. The maximum absolute atomic E-state index is 12.8. The zero-order valence-electron chi connectivity index (χ0n) is 17.5. The molecule has 0 bridgehead atoms. The number of primary amides is 1. The van der Waals surface area contributed by atoms with E-state index in [4.69, 9.17) is 10.5 Å². The van der Waals surface area contributed by atoms with Crippen molar-refractivity contribution in [3.63, 3.8) is 0 Å². The highest BCUT2D eigenvalue weighted by Crippen LogP contribution is 2.39. The summed E-state index contributed by atoms with van der Waals surface area (Å²) in [6.45, 7) is 0. The minimum atomic E-state index is -4.17. The molecule has 2 aromatic heterocycles. The third kappa shape index (κ3) is 5.16. The highest BCUT2D eigenvalue weighted by Gasteiger charge is 2.42. The monoisotopic (exact) mass is 469 g/mol. The maximum atomic E-state index is 12.8. The van der Waals surface area contributed by atoms with E-state index >= 15 is 0 Å². The SMILES string of the molecule is NC(=O)c1cc2sccc2nc1OC1CCC(NC(=O)C2CCC(C(F)(F)F)CC2)CC1. The largest absolute Gasteiger partial charge is 0.474 e. The highest BCUT2D eigenvalue weighted by atomic mass is 32.1. The fraction of sp³-hybridized carbons (Fsp3) is 0.591. The summed E-state index contributed by atoms with van der Waals surface area (Å²) < 4.78 is 45.3. The molecular weight excluding hydrogens is 443 g/mol. The van der Waals surface area contributed by atoms with Crippen LogP contribution in [0.5, 0.6) is 5.88 Å². The summed E-state index contributed by atoms with van der Waals surface area (Å²) in [7, 11) is 0. The van der Waals surface area contributed by atoms with E-state index < -0.39 is 18.0 Å². The number of halogens is 3. The lowest BCUT2D eigenvalue weighted by Gasteiger charge is -2.32. The molecule has 0 atom stereocenters. The van der Waals surface area contributed by atoms with Gasteiger partial charge in [0.2, 0.25) is 11.8 Å². The Bertz CT molecular complexity index is 978. The average molecular weight is 470 g/mol. The molecule has 32 heavy (non-hydrogen) atoms. The Morgan fingerprint density at radius 1 is 1.09 bits per heavy atom. The van der Waals surface area contributed by atoms with Crippen LogP contribution in [0.1, 0.15) is 61.7 Å². The molecule has 2 aromatic rings. The minimum Gasteiger partial charge on any atom is -0.474 e. The Hall–Kier alpha value is -2.36. The predicted molar refractivity (Wildman–Crippen MR) is 114 cm³/mol. The lowest BCUT2D eigenvalue weighted by molar-refractivity contribution is -0.184. The van der Waals surface area contributed by atoms with Gasteiger partial charge in [-0.05, 0) is 68.9 Å². The van der Waals surface area contributed by atoms with Crippen LogP contribution in [0.2, 0.25) is 0 Å². The van der Waals surface area contributed by atoms with E-state index in [1.807, 2.05) is 11.4 Å². The Morgan fingerprint density at radius 3 is 2.41 bits per heavy atom. The van der Waals surface area contributed by atoms with Gasteiger partial charge in [0.05, 0.1) is 16.1 Å². The van der Waals surface area contributed by atoms with Gasteiger partial charge in [0.1, 0.15) is 11.7 Å². The Labute approximate surface area is 187 Å². The predicted octanol–water partition coefficient (Wildman–Crippen LogP) is 4.57. The van der Waals surface area contributed by atoms with Gasteiger partial charge in [-0.15, -0.1) is 11.3 Å². The summed E-state index contributed by atoms with van der Waals surface area (Å²) in [6, 6.07) is 3.53. The molecule has 2 aliphatic carbocycles. The normalized spacial score (nSPS) is 26.6. The molecule has 2 fully saturated rings. The number of carbonyl (C=O) groups excluding carboxylic acids is 2. The van der Waals surface area contributed by atoms with Crippen molar-refractivity contribution in [3.05, 3.63) is 23.1 Å². The number of hydrogen-bond donors (Lipinski definition) is 2. The van der Waals surface area contributed by atoms with Crippen LogP contribution >= 0.6 is 11.3 Å². The third-order valence-corrected chi connectivity index (χ3v) is 7.38. The third-order valence-electron chi connectivity index (χ3n) is 6.53. The number of amides is 2. The summed E-state index contributed by atoms with van der Waals surface area (Å²) in [4.78, 5) is 28.8. The van der Waals surface area contributed by atoms with E-state index in [1.165, 1.54) is 11.3 Å². The Morgan fingerprint density at radius 2 is 1.78 bits per heavy atom. The van der Waals surface area contributed by atoms with Crippen LogP contribution in [-0.2, 0) is 4.79 Å². The lowest BCUT2D eigenvalue weighted by Crippen LogP contribution is -2.43. The summed E-state index contributed by atoms with van der Waals surface area (Å²) in [5, 5.41) is 4.90. The molecule has 0 spiro atoms. The molecule has 174 valence electrons. The van der Waals surface area contributed by atoms with Gasteiger partial charge in [-0.25, -0.2) is 4.98 Å². The van der Waals surface area contributed by atoms with Gasteiger partial charge in [0.15, 0.2) is 0 Å². The van der Waals surface area contributed by atoms with Crippen molar-refractivity contribution in [2.24, 2.45) is 17.6 Å². The van der Waals surface area contributed by atoms with E-state index in [-0.39, 0.29) is 61.1 Å². The zero-order chi connectivity index (χ0) is 22.9. The highest BCUT2D eigenvalue weighted by molar-refractivity contribution is 7.17. The molecule has 4 rings (SSSR count). The zero-order valence-corrected chi connectivity index (χ0v) is 18.3. The number of aromatic nitrogens is 1. The van der Waals surface area contributed by atoms with Crippen molar-refractivity contribution < 1.29 is 27.5 Å². The molecule has 0 saturated heterocycles. The molecular formula is C22H26F3N3O3S. The van der Waals surface area contributed by atoms with E-state index in [2.05, 4.69) is 10.3 Å². The van der Waals surface area contributed by atoms with Crippen LogP contribution in [-0.4, -0.2) is 35.1 Å². The number of thiophene rings is 1. The number of nitrogens with one attached hydrogen (secondary N) is 1. The first-order valence-corrected chi connectivity index (χ1v) is 11.8. The summed E-state index contributed by atoms with van der Waals surface area (Å²) in [5.74, 6) is -2.13. The van der Waals surface area contributed by atoms with Crippen LogP contribution < -0.4 is 15.8 Å². The number of alkyl halides is 3. The molecule has 0 aliphatic heterocycles.